The first-order chi connectivity index (χ1) is 8.04. The van der Waals surface area contributed by atoms with Crippen LogP contribution >= 0.6 is 0 Å². The summed E-state index contributed by atoms with van der Waals surface area (Å²) < 4.78 is 30.4. The van der Waals surface area contributed by atoms with Crippen LogP contribution in [0.2, 0.25) is 0 Å². The average molecular weight is 253 g/mol. The molecule has 1 aromatic carbocycles. The van der Waals surface area contributed by atoms with Gasteiger partial charge >= 0.3 is 5.97 Å². The summed E-state index contributed by atoms with van der Waals surface area (Å²) in [7, 11) is -2.18. The second-order valence-corrected chi connectivity index (χ2v) is 5.25. The van der Waals surface area contributed by atoms with Crippen LogP contribution in [0.1, 0.15) is 5.56 Å². The van der Waals surface area contributed by atoms with Crippen LogP contribution in [-0.4, -0.2) is 28.0 Å². The van der Waals surface area contributed by atoms with Crippen molar-refractivity contribution in [2.75, 3.05) is 13.7 Å². The normalized spacial score (nSPS) is 19.7. The van der Waals surface area contributed by atoms with Gasteiger partial charge in [-0.05, 0) is 17.2 Å². The molecular formula is C11H11NO4S. The number of carbonyl (C=O) groups is 1. The van der Waals surface area contributed by atoms with E-state index in [4.69, 9.17) is 0 Å². The Morgan fingerprint density at radius 2 is 2.12 bits per heavy atom. The molecule has 17 heavy (non-hydrogen) atoms. The Labute approximate surface area is 99.1 Å². The minimum atomic E-state index is -3.46. The molecule has 6 heteroatoms. The van der Waals surface area contributed by atoms with Gasteiger partial charge < -0.3 is 4.74 Å². The number of fused-ring (bicyclic) bond motifs is 1. The number of sulfonamides is 1. The van der Waals surface area contributed by atoms with E-state index in [9.17, 15) is 13.2 Å². The highest BCUT2D eigenvalue weighted by Gasteiger charge is 2.25. The van der Waals surface area contributed by atoms with Gasteiger partial charge in [0.2, 0.25) is 10.0 Å². The van der Waals surface area contributed by atoms with Gasteiger partial charge in [-0.2, -0.15) is 0 Å². The van der Waals surface area contributed by atoms with Crippen molar-refractivity contribution in [2.24, 2.45) is 0 Å². The SMILES string of the molecule is COC(=O)/C=C1\CNS(=O)(=O)c2ccccc21. The van der Waals surface area contributed by atoms with Crippen LogP contribution in [0.25, 0.3) is 5.57 Å². The molecule has 1 heterocycles. The van der Waals surface area contributed by atoms with E-state index in [2.05, 4.69) is 9.46 Å². The third-order valence-electron chi connectivity index (χ3n) is 2.47. The van der Waals surface area contributed by atoms with E-state index in [0.717, 1.165) is 0 Å². The van der Waals surface area contributed by atoms with Crippen molar-refractivity contribution in [3.05, 3.63) is 35.9 Å². The molecule has 90 valence electrons. The fraction of sp³-hybridized carbons (Fsp3) is 0.182. The van der Waals surface area contributed by atoms with Gasteiger partial charge in [0.15, 0.2) is 0 Å². The lowest BCUT2D eigenvalue weighted by molar-refractivity contribution is -0.134. The van der Waals surface area contributed by atoms with Gasteiger partial charge in [0.25, 0.3) is 0 Å². The Morgan fingerprint density at radius 1 is 1.41 bits per heavy atom. The summed E-state index contributed by atoms with van der Waals surface area (Å²) in [6.45, 7) is 0.0917. The van der Waals surface area contributed by atoms with Crippen molar-refractivity contribution in [3.63, 3.8) is 0 Å². The van der Waals surface area contributed by atoms with Crippen molar-refractivity contribution >= 4 is 21.6 Å². The quantitative estimate of drug-likeness (QED) is 0.585. The standard InChI is InChI=1S/C11H11NO4S/c1-16-11(13)6-8-7-12-17(14,15)10-5-3-2-4-9(8)10/h2-6,12H,7H2,1H3/b8-6+. The molecule has 0 spiro atoms. The predicted octanol–water partition coefficient (Wildman–Crippen LogP) is 0.535. The van der Waals surface area contributed by atoms with Crippen LogP contribution < -0.4 is 4.72 Å². The van der Waals surface area contributed by atoms with Gasteiger partial charge in [-0.25, -0.2) is 17.9 Å². The Kier molecular flexibility index (Phi) is 2.99. The second kappa shape index (κ2) is 4.31. The molecule has 1 aliphatic rings. The highest BCUT2D eigenvalue weighted by Crippen LogP contribution is 2.27. The number of carbonyl (C=O) groups excluding carboxylic acids is 1. The fourth-order valence-electron chi connectivity index (χ4n) is 1.64. The molecule has 1 aliphatic heterocycles. The Morgan fingerprint density at radius 3 is 2.82 bits per heavy atom. The summed E-state index contributed by atoms with van der Waals surface area (Å²) in [5, 5.41) is 0. The molecule has 0 saturated heterocycles. The Bertz CT molecular complexity index is 589. The molecule has 1 N–H and O–H groups in total. The van der Waals surface area contributed by atoms with Crippen molar-refractivity contribution in [1.29, 1.82) is 0 Å². The molecule has 0 aliphatic carbocycles. The van der Waals surface area contributed by atoms with Gasteiger partial charge in [0.05, 0.1) is 12.0 Å². The first kappa shape index (κ1) is 11.8. The van der Waals surface area contributed by atoms with E-state index in [0.29, 0.717) is 11.1 Å². The number of esters is 1. The van der Waals surface area contributed by atoms with E-state index in [1.54, 1.807) is 18.2 Å². The zero-order chi connectivity index (χ0) is 12.5. The number of ether oxygens (including phenoxy) is 1. The van der Waals surface area contributed by atoms with Crippen LogP contribution in [0.3, 0.4) is 0 Å². The summed E-state index contributed by atoms with van der Waals surface area (Å²) >= 11 is 0. The topological polar surface area (TPSA) is 72.5 Å². The Balaban J connectivity index is 2.57. The lowest BCUT2D eigenvalue weighted by Gasteiger charge is -2.19. The third kappa shape index (κ3) is 2.22. The molecule has 0 bridgehead atoms. The van der Waals surface area contributed by atoms with E-state index in [1.165, 1.54) is 19.3 Å². The third-order valence-corrected chi connectivity index (χ3v) is 3.93. The maximum atomic E-state index is 11.7. The molecule has 0 unspecified atom stereocenters. The number of hydrogen-bond acceptors (Lipinski definition) is 4. The van der Waals surface area contributed by atoms with Crippen LogP contribution in [0.15, 0.2) is 35.2 Å². The number of hydrogen-bond donors (Lipinski definition) is 1. The van der Waals surface area contributed by atoms with Crippen LogP contribution in [0.5, 0.6) is 0 Å². The number of nitrogens with one attached hydrogen (secondary N) is 1. The molecule has 0 fully saturated rings. The van der Waals surface area contributed by atoms with Gasteiger partial charge in [-0.15, -0.1) is 0 Å². The largest absolute Gasteiger partial charge is 0.466 e. The number of rotatable bonds is 1. The molecule has 5 nitrogen and oxygen atoms in total. The molecule has 0 radical (unpaired) electrons. The summed E-state index contributed by atoms with van der Waals surface area (Å²) in [5.74, 6) is -0.504. The van der Waals surface area contributed by atoms with Crippen molar-refractivity contribution in [2.45, 2.75) is 4.90 Å². The zero-order valence-corrected chi connectivity index (χ0v) is 9.95. The van der Waals surface area contributed by atoms with Crippen LogP contribution in [0, 0.1) is 0 Å². The number of benzene rings is 1. The van der Waals surface area contributed by atoms with Crippen molar-refractivity contribution < 1.29 is 17.9 Å². The van der Waals surface area contributed by atoms with E-state index in [-0.39, 0.29) is 11.4 Å². The molecule has 0 aromatic heterocycles. The first-order valence-electron chi connectivity index (χ1n) is 4.92. The van der Waals surface area contributed by atoms with Gasteiger partial charge in [0.1, 0.15) is 0 Å². The summed E-state index contributed by atoms with van der Waals surface area (Å²) in [5.41, 5.74) is 1.14. The maximum Gasteiger partial charge on any atom is 0.330 e. The highest BCUT2D eigenvalue weighted by atomic mass is 32.2. The van der Waals surface area contributed by atoms with Gasteiger partial charge in [-0.3, -0.25) is 0 Å². The zero-order valence-electron chi connectivity index (χ0n) is 9.14. The number of methoxy groups -OCH3 is 1. The van der Waals surface area contributed by atoms with Crippen LogP contribution in [-0.2, 0) is 19.6 Å². The molecule has 0 amide bonds. The summed E-state index contributed by atoms with van der Waals surface area (Å²) in [4.78, 5) is 11.4. The first-order valence-corrected chi connectivity index (χ1v) is 6.40. The van der Waals surface area contributed by atoms with Crippen molar-refractivity contribution in [3.8, 4) is 0 Å². The van der Waals surface area contributed by atoms with Gasteiger partial charge in [0, 0.05) is 12.6 Å². The highest BCUT2D eigenvalue weighted by molar-refractivity contribution is 7.89. The van der Waals surface area contributed by atoms with E-state index in [1.807, 2.05) is 0 Å². The van der Waals surface area contributed by atoms with Crippen molar-refractivity contribution in [1.82, 2.24) is 4.72 Å². The predicted molar refractivity (Wildman–Crippen MR) is 61.6 cm³/mol. The fourth-order valence-corrected chi connectivity index (χ4v) is 2.89. The van der Waals surface area contributed by atoms with E-state index >= 15 is 0 Å². The molecule has 0 atom stereocenters. The minimum Gasteiger partial charge on any atom is -0.466 e. The second-order valence-electron chi connectivity index (χ2n) is 3.51. The Hall–Kier alpha value is -1.66. The minimum absolute atomic E-state index is 0.0917. The average Bonchev–Trinajstić information content (AvgIpc) is 2.33. The lowest BCUT2D eigenvalue weighted by Crippen LogP contribution is -2.31. The van der Waals surface area contributed by atoms with Crippen LogP contribution in [0.4, 0.5) is 0 Å². The smallest absolute Gasteiger partial charge is 0.330 e. The summed E-state index contributed by atoms with van der Waals surface area (Å²) in [6, 6.07) is 6.54. The molecular weight excluding hydrogens is 242 g/mol. The van der Waals surface area contributed by atoms with Gasteiger partial charge in [-0.1, -0.05) is 18.2 Å². The van der Waals surface area contributed by atoms with E-state index < -0.39 is 16.0 Å². The molecule has 2 rings (SSSR count). The maximum absolute atomic E-state index is 11.7. The molecule has 1 aromatic rings. The monoisotopic (exact) mass is 253 g/mol. The lowest BCUT2D eigenvalue weighted by atomic mass is 10.1. The molecule has 0 saturated carbocycles. The summed E-state index contributed by atoms with van der Waals surface area (Å²) in [6.07, 6.45) is 1.29.